The fourth-order valence-corrected chi connectivity index (χ4v) is 3.44. The fraction of sp³-hybridized carbons (Fsp3) is 0.368. The summed E-state index contributed by atoms with van der Waals surface area (Å²) in [5.74, 6) is -0.675. The topological polar surface area (TPSA) is 77.3 Å². The summed E-state index contributed by atoms with van der Waals surface area (Å²) in [6, 6.07) is 0. The van der Waals surface area contributed by atoms with Gasteiger partial charge in [0.1, 0.15) is 4.88 Å². The number of esters is 1. The van der Waals surface area contributed by atoms with Crippen LogP contribution in [-0.2, 0) is 16.1 Å². The summed E-state index contributed by atoms with van der Waals surface area (Å²) in [7, 11) is 0. The minimum atomic E-state index is -0.428. The molecule has 0 aliphatic rings. The zero-order chi connectivity index (χ0) is 20.0. The number of hydrogen-bond donors (Lipinski definition) is 0. The van der Waals surface area contributed by atoms with Crippen molar-refractivity contribution in [3.05, 3.63) is 46.8 Å². The maximum absolute atomic E-state index is 12.7. The Kier molecular flexibility index (Phi) is 7.06. The van der Waals surface area contributed by atoms with Crippen molar-refractivity contribution < 1.29 is 14.3 Å². The lowest BCUT2D eigenvalue weighted by Crippen LogP contribution is -2.29. The standard InChI is InChI=1S/C19H24N4O3S/c1-6-11-22(19-21-13(4)17(27-19)18(25)26-8-3)16(24)10-9-15-12-20-23(7-2)14(15)5/h6,9-10,12H,1,7-8,11H2,2-5H3/b10-9+. The summed E-state index contributed by atoms with van der Waals surface area (Å²) >= 11 is 1.14. The Morgan fingerprint density at radius 1 is 1.37 bits per heavy atom. The van der Waals surface area contributed by atoms with Crippen LogP contribution in [0.4, 0.5) is 5.13 Å². The number of rotatable bonds is 8. The molecule has 0 aliphatic heterocycles. The summed E-state index contributed by atoms with van der Waals surface area (Å²) in [4.78, 5) is 31.0. The van der Waals surface area contributed by atoms with E-state index in [1.54, 1.807) is 32.2 Å². The second kappa shape index (κ2) is 9.27. The van der Waals surface area contributed by atoms with Crippen LogP contribution in [0.5, 0.6) is 0 Å². The summed E-state index contributed by atoms with van der Waals surface area (Å²) in [6.45, 7) is 12.5. The van der Waals surface area contributed by atoms with Crippen LogP contribution in [0.25, 0.3) is 6.08 Å². The Balaban J connectivity index is 2.26. The summed E-state index contributed by atoms with van der Waals surface area (Å²) in [5.41, 5.74) is 2.41. The highest BCUT2D eigenvalue weighted by Gasteiger charge is 2.22. The van der Waals surface area contributed by atoms with Crippen LogP contribution in [0.1, 0.15) is 40.5 Å². The van der Waals surface area contributed by atoms with Crippen LogP contribution in [0.15, 0.2) is 24.9 Å². The number of aryl methyl sites for hydroxylation is 2. The Morgan fingerprint density at radius 3 is 2.70 bits per heavy atom. The molecule has 0 atom stereocenters. The van der Waals surface area contributed by atoms with Crippen molar-refractivity contribution >= 4 is 34.4 Å². The first-order valence-corrected chi connectivity index (χ1v) is 9.51. The quantitative estimate of drug-likeness (QED) is 0.394. The van der Waals surface area contributed by atoms with E-state index in [1.165, 1.54) is 11.0 Å². The zero-order valence-electron chi connectivity index (χ0n) is 16.1. The van der Waals surface area contributed by atoms with Gasteiger partial charge < -0.3 is 4.74 Å². The van der Waals surface area contributed by atoms with Gasteiger partial charge in [-0.1, -0.05) is 17.4 Å². The number of anilines is 1. The van der Waals surface area contributed by atoms with Crippen molar-refractivity contribution in [2.24, 2.45) is 0 Å². The Hall–Kier alpha value is -2.74. The molecule has 0 radical (unpaired) electrons. The molecule has 0 aromatic carbocycles. The van der Waals surface area contributed by atoms with Gasteiger partial charge >= 0.3 is 5.97 Å². The lowest BCUT2D eigenvalue weighted by molar-refractivity contribution is -0.114. The number of nitrogens with zero attached hydrogens (tertiary/aromatic N) is 4. The third-order valence-corrected chi connectivity index (χ3v) is 5.06. The number of thiazole rings is 1. The molecule has 0 aliphatic carbocycles. The molecule has 0 unspecified atom stereocenters. The van der Waals surface area contributed by atoms with E-state index in [2.05, 4.69) is 16.7 Å². The summed E-state index contributed by atoms with van der Waals surface area (Å²) in [5, 5.41) is 4.70. The number of ether oxygens (including phenoxy) is 1. The van der Waals surface area contributed by atoms with Gasteiger partial charge in [-0.25, -0.2) is 9.78 Å². The van der Waals surface area contributed by atoms with Gasteiger partial charge in [0, 0.05) is 30.4 Å². The first-order chi connectivity index (χ1) is 12.9. The molecular formula is C19H24N4O3S. The van der Waals surface area contributed by atoms with Crippen LogP contribution in [0.3, 0.4) is 0 Å². The van der Waals surface area contributed by atoms with E-state index in [1.807, 2.05) is 18.5 Å². The molecule has 2 aromatic rings. The van der Waals surface area contributed by atoms with E-state index >= 15 is 0 Å². The Morgan fingerprint density at radius 2 is 2.11 bits per heavy atom. The van der Waals surface area contributed by atoms with Gasteiger partial charge in [-0.15, -0.1) is 6.58 Å². The van der Waals surface area contributed by atoms with Crippen molar-refractivity contribution in [3.63, 3.8) is 0 Å². The van der Waals surface area contributed by atoms with Gasteiger partial charge in [0.25, 0.3) is 5.91 Å². The molecular weight excluding hydrogens is 364 g/mol. The molecule has 2 heterocycles. The Labute approximate surface area is 163 Å². The van der Waals surface area contributed by atoms with Crippen molar-refractivity contribution in [3.8, 4) is 0 Å². The van der Waals surface area contributed by atoms with E-state index in [0.717, 1.165) is 29.1 Å². The van der Waals surface area contributed by atoms with Gasteiger partial charge in [0.2, 0.25) is 0 Å². The maximum atomic E-state index is 12.7. The van der Waals surface area contributed by atoms with Crippen molar-refractivity contribution in [2.45, 2.75) is 34.2 Å². The zero-order valence-corrected chi connectivity index (χ0v) is 16.9. The second-order valence-electron chi connectivity index (χ2n) is 5.70. The van der Waals surface area contributed by atoms with Gasteiger partial charge in [-0.3, -0.25) is 14.4 Å². The second-order valence-corrected chi connectivity index (χ2v) is 6.68. The molecule has 0 saturated carbocycles. The minimum Gasteiger partial charge on any atom is -0.462 e. The van der Waals surface area contributed by atoms with Gasteiger partial charge in [0.15, 0.2) is 5.13 Å². The van der Waals surface area contributed by atoms with Crippen LogP contribution in [0, 0.1) is 13.8 Å². The van der Waals surface area contributed by atoms with Crippen LogP contribution in [0.2, 0.25) is 0 Å². The number of carbonyl (C=O) groups excluding carboxylic acids is 2. The monoisotopic (exact) mass is 388 g/mol. The number of hydrogen-bond acceptors (Lipinski definition) is 6. The number of amides is 1. The fourth-order valence-electron chi connectivity index (χ4n) is 2.47. The molecule has 2 rings (SSSR count). The molecule has 1 amide bonds. The Bertz CT molecular complexity index is 866. The molecule has 0 saturated heterocycles. The third-order valence-electron chi connectivity index (χ3n) is 3.90. The van der Waals surface area contributed by atoms with Crippen molar-refractivity contribution in [2.75, 3.05) is 18.1 Å². The molecule has 7 nitrogen and oxygen atoms in total. The van der Waals surface area contributed by atoms with Gasteiger partial charge in [0.05, 0.1) is 18.5 Å². The molecule has 0 bridgehead atoms. The summed E-state index contributed by atoms with van der Waals surface area (Å²) in [6.07, 6.45) is 6.56. The average molecular weight is 388 g/mol. The molecule has 144 valence electrons. The first kappa shape index (κ1) is 20.6. The highest BCUT2D eigenvalue weighted by atomic mass is 32.1. The van der Waals surface area contributed by atoms with E-state index in [9.17, 15) is 9.59 Å². The SMILES string of the molecule is C=CCN(C(=O)/C=C/c1cnn(CC)c1C)c1nc(C)c(C(=O)OCC)s1. The molecule has 0 N–H and O–H groups in total. The predicted molar refractivity (Wildman–Crippen MR) is 107 cm³/mol. The molecule has 27 heavy (non-hydrogen) atoms. The van der Waals surface area contributed by atoms with Crippen LogP contribution in [-0.4, -0.2) is 39.8 Å². The van der Waals surface area contributed by atoms with E-state index < -0.39 is 5.97 Å². The predicted octanol–water partition coefficient (Wildman–Crippen LogP) is 3.39. The largest absolute Gasteiger partial charge is 0.462 e. The molecule has 0 spiro atoms. The van der Waals surface area contributed by atoms with E-state index in [-0.39, 0.29) is 19.1 Å². The summed E-state index contributed by atoms with van der Waals surface area (Å²) < 4.78 is 6.90. The van der Waals surface area contributed by atoms with E-state index in [0.29, 0.717) is 15.7 Å². The third kappa shape index (κ3) is 4.71. The van der Waals surface area contributed by atoms with Gasteiger partial charge in [-0.2, -0.15) is 5.10 Å². The maximum Gasteiger partial charge on any atom is 0.350 e. The lowest BCUT2D eigenvalue weighted by Gasteiger charge is -2.15. The van der Waals surface area contributed by atoms with E-state index in [4.69, 9.17) is 4.74 Å². The number of aromatic nitrogens is 3. The van der Waals surface area contributed by atoms with Crippen molar-refractivity contribution in [1.29, 1.82) is 0 Å². The minimum absolute atomic E-state index is 0.247. The lowest BCUT2D eigenvalue weighted by atomic mass is 10.2. The molecule has 2 aromatic heterocycles. The van der Waals surface area contributed by atoms with Crippen molar-refractivity contribution in [1.82, 2.24) is 14.8 Å². The normalized spacial score (nSPS) is 11.0. The molecule has 0 fully saturated rings. The smallest absolute Gasteiger partial charge is 0.350 e. The highest BCUT2D eigenvalue weighted by molar-refractivity contribution is 7.17. The average Bonchev–Trinajstić information content (AvgIpc) is 3.20. The van der Waals surface area contributed by atoms with Gasteiger partial charge in [-0.05, 0) is 33.8 Å². The van der Waals surface area contributed by atoms with Crippen LogP contribution < -0.4 is 4.90 Å². The number of carbonyl (C=O) groups is 2. The molecule has 8 heteroatoms. The first-order valence-electron chi connectivity index (χ1n) is 8.70. The highest BCUT2D eigenvalue weighted by Crippen LogP contribution is 2.27. The van der Waals surface area contributed by atoms with Crippen LogP contribution >= 0.6 is 11.3 Å².